The maximum atomic E-state index is 12.6. The smallest absolute Gasteiger partial charge is 0.417 e. The molecule has 5 nitrogen and oxygen atoms in total. The Labute approximate surface area is 130 Å². The quantitative estimate of drug-likeness (QED) is 0.726. The monoisotopic (exact) mass is 303 g/mol. The minimum absolute atomic E-state index is 0.220. The Morgan fingerprint density at radius 1 is 1.50 bits per heavy atom. The minimum atomic E-state index is -0.651. The van der Waals surface area contributed by atoms with Gasteiger partial charge in [-0.3, -0.25) is 4.79 Å². The molecule has 0 spiro atoms. The SMILES string of the molecule is C=CCCC(OC)C(=O)N1C(=O)OC[C@H]1Cc1ccccc1. The van der Waals surface area contributed by atoms with Crippen molar-refractivity contribution in [3.63, 3.8) is 0 Å². The molecule has 0 aromatic heterocycles. The zero-order valence-electron chi connectivity index (χ0n) is 12.7. The molecule has 1 aromatic carbocycles. The number of allylic oxidation sites excluding steroid dienone is 1. The molecule has 2 rings (SSSR count). The molecular formula is C17H21NO4. The van der Waals surface area contributed by atoms with Gasteiger partial charge < -0.3 is 9.47 Å². The van der Waals surface area contributed by atoms with Gasteiger partial charge in [-0.25, -0.2) is 9.69 Å². The highest BCUT2D eigenvalue weighted by atomic mass is 16.6. The molecule has 1 heterocycles. The first kappa shape index (κ1) is 16.2. The molecule has 0 aliphatic carbocycles. The second-order valence-electron chi connectivity index (χ2n) is 5.22. The van der Waals surface area contributed by atoms with Gasteiger partial charge in [-0.15, -0.1) is 6.58 Å². The van der Waals surface area contributed by atoms with E-state index in [0.717, 1.165) is 5.56 Å². The van der Waals surface area contributed by atoms with Crippen LogP contribution in [-0.4, -0.2) is 42.8 Å². The second kappa shape index (κ2) is 7.75. The molecule has 118 valence electrons. The van der Waals surface area contributed by atoms with Crippen molar-refractivity contribution < 1.29 is 19.1 Å². The maximum absolute atomic E-state index is 12.6. The highest BCUT2D eigenvalue weighted by molar-refractivity contribution is 5.96. The van der Waals surface area contributed by atoms with Gasteiger partial charge in [0.15, 0.2) is 0 Å². The molecule has 0 saturated carbocycles. The molecule has 1 aromatic rings. The van der Waals surface area contributed by atoms with Crippen LogP contribution in [0.1, 0.15) is 18.4 Å². The Balaban J connectivity index is 2.09. The standard InChI is InChI=1S/C17H21NO4/c1-3-4-10-15(21-2)16(19)18-14(12-22-17(18)20)11-13-8-6-5-7-9-13/h3,5-9,14-15H,1,4,10-12H2,2H3/t14-,15?/m1/s1. The lowest BCUT2D eigenvalue weighted by Gasteiger charge is -2.24. The van der Waals surface area contributed by atoms with E-state index in [1.807, 2.05) is 30.3 Å². The van der Waals surface area contributed by atoms with Crippen LogP contribution in [0.15, 0.2) is 43.0 Å². The summed E-state index contributed by atoms with van der Waals surface area (Å²) < 4.78 is 10.3. The van der Waals surface area contributed by atoms with Crippen LogP contribution < -0.4 is 0 Å². The molecule has 1 unspecified atom stereocenters. The topological polar surface area (TPSA) is 55.8 Å². The minimum Gasteiger partial charge on any atom is -0.447 e. The average Bonchev–Trinajstić information content (AvgIpc) is 2.89. The van der Waals surface area contributed by atoms with Crippen LogP contribution in [0.4, 0.5) is 4.79 Å². The molecule has 2 atom stereocenters. The van der Waals surface area contributed by atoms with E-state index < -0.39 is 12.2 Å². The fourth-order valence-corrected chi connectivity index (χ4v) is 2.53. The number of carbonyl (C=O) groups excluding carboxylic acids is 2. The van der Waals surface area contributed by atoms with E-state index in [2.05, 4.69) is 6.58 Å². The molecule has 1 aliphatic rings. The Bertz CT molecular complexity index is 529. The predicted octanol–water partition coefficient (Wildman–Crippen LogP) is 2.56. The van der Waals surface area contributed by atoms with Crippen molar-refractivity contribution in [3.8, 4) is 0 Å². The Morgan fingerprint density at radius 3 is 2.86 bits per heavy atom. The Hall–Kier alpha value is -2.14. The lowest BCUT2D eigenvalue weighted by molar-refractivity contribution is -0.140. The summed E-state index contributed by atoms with van der Waals surface area (Å²) in [7, 11) is 1.47. The van der Waals surface area contributed by atoms with Gasteiger partial charge in [-0.05, 0) is 24.8 Å². The van der Waals surface area contributed by atoms with Crippen LogP contribution in [-0.2, 0) is 20.7 Å². The summed E-state index contributed by atoms with van der Waals surface area (Å²) in [6.45, 7) is 3.86. The van der Waals surface area contributed by atoms with E-state index in [-0.39, 0.29) is 18.6 Å². The number of carbonyl (C=O) groups is 2. The summed E-state index contributed by atoms with van der Waals surface area (Å²) in [6.07, 6.45) is 2.21. The molecule has 0 N–H and O–H groups in total. The van der Waals surface area contributed by atoms with Crippen LogP contribution in [0.3, 0.4) is 0 Å². The van der Waals surface area contributed by atoms with E-state index in [1.54, 1.807) is 6.08 Å². The maximum Gasteiger partial charge on any atom is 0.417 e. The number of amides is 2. The lowest BCUT2D eigenvalue weighted by atomic mass is 10.0. The van der Waals surface area contributed by atoms with E-state index in [9.17, 15) is 9.59 Å². The van der Waals surface area contributed by atoms with E-state index in [4.69, 9.17) is 9.47 Å². The molecule has 1 fully saturated rings. The highest BCUT2D eigenvalue weighted by Gasteiger charge is 2.40. The highest BCUT2D eigenvalue weighted by Crippen LogP contribution is 2.20. The Morgan fingerprint density at radius 2 is 2.23 bits per heavy atom. The summed E-state index contributed by atoms with van der Waals surface area (Å²) in [5.74, 6) is -0.340. The molecule has 22 heavy (non-hydrogen) atoms. The third-order valence-corrected chi connectivity index (χ3v) is 3.71. The number of rotatable bonds is 7. The van der Waals surface area contributed by atoms with Gasteiger partial charge in [0.05, 0.1) is 6.04 Å². The summed E-state index contributed by atoms with van der Waals surface area (Å²) in [6, 6.07) is 9.44. The molecule has 1 saturated heterocycles. The van der Waals surface area contributed by atoms with Gasteiger partial charge in [-0.2, -0.15) is 0 Å². The normalized spacial score (nSPS) is 18.9. The van der Waals surface area contributed by atoms with Crippen molar-refractivity contribution in [2.24, 2.45) is 0 Å². The molecule has 5 heteroatoms. The Kier molecular flexibility index (Phi) is 5.72. The summed E-state index contributed by atoms with van der Waals surface area (Å²) in [5.41, 5.74) is 1.06. The molecule has 0 bridgehead atoms. The van der Waals surface area contributed by atoms with Gasteiger partial charge in [0.2, 0.25) is 0 Å². The first-order chi connectivity index (χ1) is 10.7. The van der Waals surface area contributed by atoms with Crippen molar-refractivity contribution in [1.29, 1.82) is 0 Å². The van der Waals surface area contributed by atoms with Crippen LogP contribution in [0.2, 0.25) is 0 Å². The van der Waals surface area contributed by atoms with E-state index in [1.165, 1.54) is 12.0 Å². The first-order valence-corrected chi connectivity index (χ1v) is 7.34. The zero-order chi connectivity index (χ0) is 15.9. The largest absolute Gasteiger partial charge is 0.447 e. The fraction of sp³-hybridized carbons (Fsp3) is 0.412. The van der Waals surface area contributed by atoms with Gasteiger partial charge in [0.25, 0.3) is 5.91 Å². The van der Waals surface area contributed by atoms with Gasteiger partial charge >= 0.3 is 6.09 Å². The number of nitrogens with zero attached hydrogens (tertiary/aromatic N) is 1. The number of benzene rings is 1. The van der Waals surface area contributed by atoms with Crippen molar-refractivity contribution in [2.75, 3.05) is 13.7 Å². The predicted molar refractivity (Wildman–Crippen MR) is 82.4 cm³/mol. The van der Waals surface area contributed by atoms with Crippen molar-refractivity contribution in [3.05, 3.63) is 48.6 Å². The van der Waals surface area contributed by atoms with Crippen LogP contribution in [0.5, 0.6) is 0 Å². The zero-order valence-corrected chi connectivity index (χ0v) is 12.7. The van der Waals surface area contributed by atoms with E-state index in [0.29, 0.717) is 19.3 Å². The molecule has 2 amide bonds. The van der Waals surface area contributed by atoms with E-state index >= 15 is 0 Å². The van der Waals surface area contributed by atoms with Crippen LogP contribution in [0.25, 0.3) is 0 Å². The molecule has 1 aliphatic heterocycles. The third kappa shape index (κ3) is 3.74. The summed E-state index contributed by atoms with van der Waals surface area (Å²) in [4.78, 5) is 25.7. The number of imide groups is 1. The van der Waals surface area contributed by atoms with Gasteiger partial charge in [0.1, 0.15) is 12.7 Å². The number of methoxy groups -OCH3 is 1. The number of ether oxygens (including phenoxy) is 2. The number of hydrogen-bond acceptors (Lipinski definition) is 4. The molecular weight excluding hydrogens is 282 g/mol. The lowest BCUT2D eigenvalue weighted by Crippen LogP contribution is -2.46. The van der Waals surface area contributed by atoms with Crippen molar-refractivity contribution in [2.45, 2.75) is 31.4 Å². The van der Waals surface area contributed by atoms with Crippen LogP contribution >= 0.6 is 0 Å². The number of cyclic esters (lactones) is 1. The van der Waals surface area contributed by atoms with Crippen molar-refractivity contribution in [1.82, 2.24) is 4.90 Å². The average molecular weight is 303 g/mol. The van der Waals surface area contributed by atoms with Gasteiger partial charge in [-0.1, -0.05) is 36.4 Å². The fourth-order valence-electron chi connectivity index (χ4n) is 2.53. The second-order valence-corrected chi connectivity index (χ2v) is 5.22. The van der Waals surface area contributed by atoms with Gasteiger partial charge in [0, 0.05) is 7.11 Å². The summed E-state index contributed by atoms with van der Waals surface area (Å²) >= 11 is 0. The molecule has 0 radical (unpaired) electrons. The van der Waals surface area contributed by atoms with Crippen molar-refractivity contribution >= 4 is 12.0 Å². The number of hydrogen-bond donors (Lipinski definition) is 0. The van der Waals surface area contributed by atoms with Crippen LogP contribution in [0, 0.1) is 0 Å². The third-order valence-electron chi connectivity index (χ3n) is 3.71. The first-order valence-electron chi connectivity index (χ1n) is 7.34. The summed E-state index contributed by atoms with van der Waals surface area (Å²) in [5, 5.41) is 0.